The number of ether oxygens (including phenoxy) is 1. The molecular formula is C16H18N2O3. The summed E-state index contributed by atoms with van der Waals surface area (Å²) in [5.74, 6) is -0.924. The minimum Gasteiger partial charge on any atom is -0.478 e. The Labute approximate surface area is 123 Å². The second-order valence-electron chi connectivity index (χ2n) is 5.34. The van der Waals surface area contributed by atoms with Crippen molar-refractivity contribution in [1.82, 2.24) is 4.98 Å². The van der Waals surface area contributed by atoms with E-state index in [1.807, 2.05) is 18.2 Å². The lowest BCUT2D eigenvalue weighted by Crippen LogP contribution is -2.35. The Hall–Kier alpha value is -2.14. The number of hydrogen-bond acceptors (Lipinski definition) is 4. The lowest BCUT2D eigenvalue weighted by atomic mass is 10.1. The number of fused-ring (bicyclic) bond motifs is 1. The fourth-order valence-corrected chi connectivity index (χ4v) is 2.78. The van der Waals surface area contributed by atoms with Crippen molar-refractivity contribution in [3.8, 4) is 0 Å². The van der Waals surface area contributed by atoms with E-state index in [1.54, 1.807) is 6.07 Å². The third-order valence-corrected chi connectivity index (χ3v) is 3.87. The molecule has 0 aliphatic carbocycles. The molecule has 1 aromatic heterocycles. The van der Waals surface area contributed by atoms with E-state index in [9.17, 15) is 9.90 Å². The zero-order valence-corrected chi connectivity index (χ0v) is 12.0. The van der Waals surface area contributed by atoms with E-state index < -0.39 is 5.97 Å². The number of carbonyl (C=O) groups is 1. The van der Waals surface area contributed by atoms with E-state index in [1.165, 1.54) is 6.20 Å². The number of carboxylic acids is 1. The van der Waals surface area contributed by atoms with Gasteiger partial charge in [0.25, 0.3) is 0 Å². The quantitative estimate of drug-likeness (QED) is 0.919. The molecule has 1 aliphatic rings. The van der Waals surface area contributed by atoms with Crippen molar-refractivity contribution in [1.29, 1.82) is 0 Å². The maximum absolute atomic E-state index is 11.4. The molecule has 0 saturated carbocycles. The van der Waals surface area contributed by atoms with Crippen LogP contribution in [0, 0.1) is 0 Å². The van der Waals surface area contributed by atoms with Gasteiger partial charge in [0.15, 0.2) is 0 Å². The van der Waals surface area contributed by atoms with Gasteiger partial charge in [0.1, 0.15) is 0 Å². The van der Waals surface area contributed by atoms with Crippen LogP contribution in [0.1, 0.15) is 23.7 Å². The molecule has 21 heavy (non-hydrogen) atoms. The van der Waals surface area contributed by atoms with Gasteiger partial charge >= 0.3 is 5.97 Å². The van der Waals surface area contributed by atoms with Crippen molar-refractivity contribution in [2.45, 2.75) is 19.4 Å². The van der Waals surface area contributed by atoms with E-state index in [2.05, 4.69) is 16.8 Å². The van der Waals surface area contributed by atoms with Gasteiger partial charge in [-0.05, 0) is 37.6 Å². The second-order valence-corrected chi connectivity index (χ2v) is 5.34. The summed E-state index contributed by atoms with van der Waals surface area (Å²) in [4.78, 5) is 17.9. The Morgan fingerprint density at radius 1 is 1.43 bits per heavy atom. The van der Waals surface area contributed by atoms with Crippen LogP contribution >= 0.6 is 0 Å². The van der Waals surface area contributed by atoms with Crippen LogP contribution in [0.25, 0.3) is 10.9 Å². The summed E-state index contributed by atoms with van der Waals surface area (Å²) < 4.78 is 5.56. The van der Waals surface area contributed by atoms with Crippen LogP contribution in [-0.4, -0.2) is 41.9 Å². The summed E-state index contributed by atoms with van der Waals surface area (Å²) in [5.41, 5.74) is 2.02. The highest BCUT2D eigenvalue weighted by Gasteiger charge is 2.19. The van der Waals surface area contributed by atoms with Gasteiger partial charge in [0.2, 0.25) is 0 Å². The normalized spacial score (nSPS) is 19.5. The fourth-order valence-electron chi connectivity index (χ4n) is 2.78. The Balaban J connectivity index is 2.07. The lowest BCUT2D eigenvalue weighted by molar-refractivity contribution is 0.0699. The molecule has 2 heterocycles. The van der Waals surface area contributed by atoms with Crippen molar-refractivity contribution in [3.05, 3.63) is 36.0 Å². The molecule has 1 aromatic carbocycles. The molecule has 5 heteroatoms. The Morgan fingerprint density at radius 2 is 2.29 bits per heavy atom. The highest BCUT2D eigenvalue weighted by molar-refractivity contribution is 6.03. The number of pyridine rings is 1. The van der Waals surface area contributed by atoms with Crippen LogP contribution in [0.4, 0.5) is 5.69 Å². The van der Waals surface area contributed by atoms with Crippen molar-refractivity contribution in [3.63, 3.8) is 0 Å². The van der Waals surface area contributed by atoms with Crippen LogP contribution in [0.15, 0.2) is 30.5 Å². The number of hydrogen-bond donors (Lipinski definition) is 1. The first-order valence-electron chi connectivity index (χ1n) is 7.13. The molecule has 0 unspecified atom stereocenters. The summed E-state index contributed by atoms with van der Waals surface area (Å²) in [5, 5.41) is 10.0. The molecule has 1 saturated heterocycles. The zero-order chi connectivity index (χ0) is 14.8. The predicted molar refractivity (Wildman–Crippen MR) is 80.9 cm³/mol. The number of carboxylic acid groups (broad SMARTS) is 1. The van der Waals surface area contributed by atoms with Gasteiger partial charge in [-0.15, -0.1) is 0 Å². The van der Waals surface area contributed by atoms with Crippen LogP contribution < -0.4 is 4.90 Å². The molecule has 3 rings (SSSR count). The second kappa shape index (κ2) is 5.69. The largest absolute Gasteiger partial charge is 0.478 e. The van der Waals surface area contributed by atoms with Gasteiger partial charge in [-0.25, -0.2) is 4.79 Å². The molecule has 0 spiro atoms. The topological polar surface area (TPSA) is 62.7 Å². The first-order valence-corrected chi connectivity index (χ1v) is 7.13. The SMILES string of the molecule is C[C@H]1COCCCN1c1ccc2nccc(C(=O)O)c2c1. The zero-order valence-electron chi connectivity index (χ0n) is 12.0. The molecule has 0 amide bonds. The van der Waals surface area contributed by atoms with Crippen molar-refractivity contribution >= 4 is 22.6 Å². The van der Waals surface area contributed by atoms with E-state index in [0.717, 1.165) is 25.3 Å². The van der Waals surface area contributed by atoms with Gasteiger partial charge in [-0.1, -0.05) is 0 Å². The van der Waals surface area contributed by atoms with Crippen molar-refractivity contribution in [2.75, 3.05) is 24.7 Å². The molecular weight excluding hydrogens is 268 g/mol. The maximum Gasteiger partial charge on any atom is 0.336 e. The number of rotatable bonds is 2. The molecule has 5 nitrogen and oxygen atoms in total. The first kappa shape index (κ1) is 13.8. The van der Waals surface area contributed by atoms with E-state index >= 15 is 0 Å². The van der Waals surface area contributed by atoms with Gasteiger partial charge in [0.05, 0.1) is 17.7 Å². The van der Waals surface area contributed by atoms with Gasteiger partial charge in [-0.3, -0.25) is 4.98 Å². The monoisotopic (exact) mass is 286 g/mol. The van der Waals surface area contributed by atoms with Gasteiger partial charge in [-0.2, -0.15) is 0 Å². The Kier molecular flexibility index (Phi) is 3.75. The number of benzene rings is 1. The summed E-state index contributed by atoms with van der Waals surface area (Å²) in [6.07, 6.45) is 2.51. The Morgan fingerprint density at radius 3 is 3.10 bits per heavy atom. The van der Waals surface area contributed by atoms with Gasteiger partial charge < -0.3 is 14.7 Å². The minimum absolute atomic E-state index is 0.273. The minimum atomic E-state index is -0.924. The molecule has 1 atom stereocenters. The van der Waals surface area contributed by atoms with Crippen LogP contribution in [0.3, 0.4) is 0 Å². The maximum atomic E-state index is 11.4. The summed E-state index contributed by atoms with van der Waals surface area (Å²) in [6, 6.07) is 7.63. The number of aromatic carboxylic acids is 1. The van der Waals surface area contributed by atoms with Gasteiger partial charge in [0, 0.05) is 36.5 Å². The number of anilines is 1. The number of aromatic nitrogens is 1. The molecule has 1 aliphatic heterocycles. The fraction of sp³-hybridized carbons (Fsp3) is 0.375. The van der Waals surface area contributed by atoms with Crippen LogP contribution in [0.2, 0.25) is 0 Å². The molecule has 0 bridgehead atoms. The highest BCUT2D eigenvalue weighted by atomic mass is 16.5. The first-order chi connectivity index (χ1) is 10.2. The summed E-state index contributed by atoms with van der Waals surface area (Å²) >= 11 is 0. The Bertz CT molecular complexity index is 672. The molecule has 0 radical (unpaired) electrons. The third kappa shape index (κ3) is 2.69. The lowest BCUT2D eigenvalue weighted by Gasteiger charge is -2.29. The smallest absolute Gasteiger partial charge is 0.336 e. The summed E-state index contributed by atoms with van der Waals surface area (Å²) in [6.45, 7) is 4.50. The van der Waals surface area contributed by atoms with Crippen molar-refractivity contribution in [2.24, 2.45) is 0 Å². The molecule has 110 valence electrons. The summed E-state index contributed by atoms with van der Waals surface area (Å²) in [7, 11) is 0. The van der Waals surface area contributed by atoms with Crippen molar-refractivity contribution < 1.29 is 14.6 Å². The average Bonchev–Trinajstić information content (AvgIpc) is 2.70. The van der Waals surface area contributed by atoms with Crippen LogP contribution in [0.5, 0.6) is 0 Å². The van der Waals surface area contributed by atoms with Crippen LogP contribution in [-0.2, 0) is 4.74 Å². The predicted octanol–water partition coefficient (Wildman–Crippen LogP) is 2.55. The number of nitrogens with zero attached hydrogens (tertiary/aromatic N) is 2. The van der Waals surface area contributed by atoms with E-state index in [0.29, 0.717) is 23.1 Å². The molecule has 1 N–H and O–H groups in total. The van der Waals surface area contributed by atoms with E-state index in [4.69, 9.17) is 4.74 Å². The highest BCUT2D eigenvalue weighted by Crippen LogP contribution is 2.26. The third-order valence-electron chi connectivity index (χ3n) is 3.87. The molecule has 1 fully saturated rings. The standard InChI is InChI=1S/C16H18N2O3/c1-11-10-21-8-2-7-18(11)12-3-4-15-14(9-12)13(16(19)20)5-6-17-15/h3-6,9,11H,2,7-8,10H2,1H3,(H,19,20)/t11-/m0/s1. The van der Waals surface area contributed by atoms with E-state index in [-0.39, 0.29) is 6.04 Å². The molecule has 2 aromatic rings. The average molecular weight is 286 g/mol.